The van der Waals surface area contributed by atoms with Gasteiger partial charge in [0.2, 0.25) is 0 Å². The number of H-pyrrole nitrogens is 2. The number of rotatable bonds is 0. The Hall–Kier alpha value is -0.500. The van der Waals surface area contributed by atoms with Crippen LogP contribution in [-0.2, 0) is 0 Å². The fourth-order valence-corrected chi connectivity index (χ4v) is 0.353. The number of aromatic nitrogens is 2. The van der Waals surface area contributed by atoms with Gasteiger partial charge in [0, 0.05) is 5.56 Å². The minimum absolute atomic E-state index is 0. The molecule has 3 heteroatoms. The van der Waals surface area contributed by atoms with Gasteiger partial charge in [0.15, 0.2) is 6.20 Å². The summed E-state index contributed by atoms with van der Waals surface area (Å²) in [4.78, 5) is 0. The highest BCUT2D eigenvalue weighted by atomic mass is 35.5. The quantitative estimate of drug-likeness (QED) is 0.380. The summed E-state index contributed by atoms with van der Waals surface area (Å²) in [6.45, 7) is 2.02. The molecule has 0 aliphatic carbocycles. The van der Waals surface area contributed by atoms with Gasteiger partial charge in [-0.15, -0.1) is 5.10 Å². The van der Waals surface area contributed by atoms with E-state index in [0.29, 0.717) is 0 Å². The predicted molar refractivity (Wildman–Crippen MR) is 22.1 cm³/mol. The first-order valence-corrected chi connectivity index (χ1v) is 1.90. The maximum absolute atomic E-state index is 2.80. The van der Waals surface area contributed by atoms with E-state index in [2.05, 4.69) is 10.2 Å². The van der Waals surface area contributed by atoms with E-state index in [1.807, 2.05) is 19.3 Å². The van der Waals surface area contributed by atoms with Crippen LogP contribution in [0.2, 0.25) is 0 Å². The van der Waals surface area contributed by atoms with E-state index in [9.17, 15) is 0 Å². The van der Waals surface area contributed by atoms with Crippen molar-refractivity contribution in [3.05, 3.63) is 18.0 Å². The summed E-state index contributed by atoms with van der Waals surface area (Å²) in [5.74, 6) is 0. The summed E-state index contributed by atoms with van der Waals surface area (Å²) >= 11 is 0. The maximum atomic E-state index is 2.80. The first-order valence-electron chi connectivity index (χ1n) is 1.90. The van der Waals surface area contributed by atoms with Gasteiger partial charge in [0.1, 0.15) is 0 Å². The topological polar surface area (TPSA) is 29.9 Å². The van der Waals surface area contributed by atoms with Crippen molar-refractivity contribution in [2.45, 2.75) is 6.92 Å². The highest BCUT2D eigenvalue weighted by Crippen LogP contribution is 1.80. The standard InChI is InChI=1S/C4H6N2.ClH/c1-4-2-5-6-3-4;/h2-3H,1H3,(H,5,6);1H. The lowest BCUT2D eigenvalue weighted by Gasteiger charge is -1.57. The average Bonchev–Trinajstić information content (AvgIpc) is 1.86. The molecular weight excluding hydrogens is 112 g/mol. The van der Waals surface area contributed by atoms with E-state index in [0.717, 1.165) is 0 Å². The summed E-state index contributed by atoms with van der Waals surface area (Å²) in [5, 5.41) is 5.61. The molecule has 0 amide bonds. The van der Waals surface area contributed by atoms with Gasteiger partial charge in [-0.25, -0.2) is 0 Å². The number of hydrogen-bond acceptors (Lipinski definition) is 0. The van der Waals surface area contributed by atoms with Crippen LogP contribution in [0.15, 0.2) is 12.4 Å². The summed E-state index contributed by atoms with van der Waals surface area (Å²) in [7, 11) is 0. The largest absolute Gasteiger partial charge is 1.00 e. The van der Waals surface area contributed by atoms with Crippen LogP contribution in [0.5, 0.6) is 0 Å². The van der Waals surface area contributed by atoms with Crippen LogP contribution in [0.1, 0.15) is 5.56 Å². The normalized spacial score (nSPS) is 7.57. The van der Waals surface area contributed by atoms with Crippen molar-refractivity contribution < 1.29 is 17.5 Å². The van der Waals surface area contributed by atoms with Gasteiger partial charge in [0.25, 0.3) is 0 Å². The van der Waals surface area contributed by atoms with E-state index in [1.54, 1.807) is 0 Å². The first kappa shape index (κ1) is 6.50. The van der Waals surface area contributed by atoms with Gasteiger partial charge in [-0.05, 0) is 6.92 Å². The van der Waals surface area contributed by atoms with Gasteiger partial charge < -0.3 is 12.4 Å². The van der Waals surface area contributed by atoms with Gasteiger partial charge in [-0.3, -0.25) is 0 Å². The molecule has 1 heterocycles. The summed E-state index contributed by atoms with van der Waals surface area (Å²) in [6.07, 6.45) is 3.81. The molecular formula is C4H7ClN2. The van der Waals surface area contributed by atoms with Crippen LogP contribution < -0.4 is 17.5 Å². The lowest BCUT2D eigenvalue weighted by atomic mass is 10.4. The Morgan fingerprint density at radius 2 is 2.43 bits per heavy atom. The van der Waals surface area contributed by atoms with Crippen molar-refractivity contribution in [3.63, 3.8) is 0 Å². The highest BCUT2D eigenvalue weighted by molar-refractivity contribution is 4.92. The highest BCUT2D eigenvalue weighted by Gasteiger charge is 1.81. The monoisotopic (exact) mass is 118 g/mol. The molecule has 0 radical (unpaired) electrons. The SMILES string of the molecule is Cc1c[nH][nH+]c1.[Cl-]. The van der Waals surface area contributed by atoms with Crippen molar-refractivity contribution >= 4 is 0 Å². The Balaban J connectivity index is 0.000000360. The molecule has 1 rings (SSSR count). The van der Waals surface area contributed by atoms with Crippen molar-refractivity contribution in [3.8, 4) is 0 Å². The molecule has 0 aromatic carbocycles. The Kier molecular flexibility index (Phi) is 2.45. The molecule has 1 aromatic rings. The molecule has 0 unspecified atom stereocenters. The first-order chi connectivity index (χ1) is 2.89. The molecule has 0 bridgehead atoms. The van der Waals surface area contributed by atoms with Gasteiger partial charge >= 0.3 is 0 Å². The molecule has 0 aliphatic heterocycles. The van der Waals surface area contributed by atoms with Gasteiger partial charge in [-0.1, -0.05) is 0 Å². The van der Waals surface area contributed by atoms with Crippen LogP contribution in [0.4, 0.5) is 0 Å². The second-order valence-corrected chi connectivity index (χ2v) is 1.32. The molecule has 0 atom stereocenters. The lowest BCUT2D eigenvalue weighted by molar-refractivity contribution is -0.449. The van der Waals surface area contributed by atoms with Gasteiger partial charge in [-0.2, -0.15) is 5.10 Å². The number of aromatic amines is 2. The van der Waals surface area contributed by atoms with Crippen LogP contribution in [0.3, 0.4) is 0 Å². The van der Waals surface area contributed by atoms with E-state index in [4.69, 9.17) is 0 Å². The Morgan fingerprint density at radius 1 is 1.71 bits per heavy atom. The number of hydrogen-bond donors (Lipinski definition) is 1. The van der Waals surface area contributed by atoms with E-state index in [-0.39, 0.29) is 12.4 Å². The molecule has 0 saturated carbocycles. The van der Waals surface area contributed by atoms with Crippen molar-refractivity contribution in [1.29, 1.82) is 0 Å². The molecule has 2 N–H and O–H groups in total. The predicted octanol–water partition coefficient (Wildman–Crippen LogP) is -2.86. The summed E-state index contributed by atoms with van der Waals surface area (Å²) < 4.78 is 0. The minimum Gasteiger partial charge on any atom is -1.00 e. The molecule has 0 spiro atoms. The van der Waals surface area contributed by atoms with E-state index in [1.165, 1.54) is 5.56 Å². The summed E-state index contributed by atoms with van der Waals surface area (Å²) in [6, 6.07) is 0. The van der Waals surface area contributed by atoms with Crippen molar-refractivity contribution in [2.75, 3.05) is 0 Å². The molecule has 0 aliphatic rings. The third-order valence-corrected chi connectivity index (χ3v) is 0.683. The fraction of sp³-hybridized carbons (Fsp3) is 0.250. The fourth-order valence-electron chi connectivity index (χ4n) is 0.353. The Bertz CT molecular complexity index is 113. The second kappa shape index (κ2) is 2.64. The number of halogens is 1. The van der Waals surface area contributed by atoms with E-state index < -0.39 is 0 Å². The molecule has 0 saturated heterocycles. The van der Waals surface area contributed by atoms with Crippen molar-refractivity contribution in [2.24, 2.45) is 0 Å². The zero-order chi connectivity index (χ0) is 4.41. The smallest absolute Gasteiger partial charge is 0.195 e. The number of aryl methyl sites for hydroxylation is 1. The van der Waals surface area contributed by atoms with Crippen LogP contribution in [0.25, 0.3) is 0 Å². The van der Waals surface area contributed by atoms with Gasteiger partial charge in [0.05, 0.1) is 6.20 Å². The molecule has 40 valence electrons. The van der Waals surface area contributed by atoms with E-state index >= 15 is 0 Å². The zero-order valence-electron chi connectivity index (χ0n) is 4.03. The second-order valence-electron chi connectivity index (χ2n) is 1.32. The average molecular weight is 119 g/mol. The molecule has 7 heavy (non-hydrogen) atoms. The third kappa shape index (κ3) is 1.59. The molecule has 2 nitrogen and oxygen atoms in total. The molecule has 1 aromatic heterocycles. The van der Waals surface area contributed by atoms with Crippen LogP contribution in [-0.4, -0.2) is 5.10 Å². The minimum atomic E-state index is 0. The third-order valence-electron chi connectivity index (χ3n) is 0.683. The van der Waals surface area contributed by atoms with Crippen molar-refractivity contribution in [1.82, 2.24) is 5.10 Å². The summed E-state index contributed by atoms with van der Waals surface area (Å²) in [5.41, 5.74) is 1.23. The lowest BCUT2D eigenvalue weighted by Crippen LogP contribution is -3.00. The molecule has 0 fully saturated rings. The van der Waals surface area contributed by atoms with Crippen LogP contribution >= 0.6 is 0 Å². The Morgan fingerprint density at radius 3 is 2.57 bits per heavy atom. The Labute approximate surface area is 48.3 Å². The van der Waals surface area contributed by atoms with Crippen LogP contribution in [0, 0.1) is 6.92 Å². The maximum Gasteiger partial charge on any atom is 0.195 e. The number of nitrogens with one attached hydrogen (secondary N) is 2. The zero-order valence-corrected chi connectivity index (χ0v) is 4.79.